The summed E-state index contributed by atoms with van der Waals surface area (Å²) < 4.78 is 5.28. The summed E-state index contributed by atoms with van der Waals surface area (Å²) in [5.74, 6) is -0.445. The second-order valence-electron chi connectivity index (χ2n) is 3.00. The quantitative estimate of drug-likeness (QED) is 0.845. The van der Waals surface area contributed by atoms with Crippen molar-refractivity contribution in [2.45, 2.75) is 13.8 Å². The number of aryl methyl sites for hydroxylation is 2. The summed E-state index contributed by atoms with van der Waals surface area (Å²) in [4.78, 5) is 19.5. The Morgan fingerprint density at radius 2 is 2.27 bits per heavy atom. The van der Waals surface area contributed by atoms with Gasteiger partial charge in [-0.25, -0.2) is 14.8 Å². The van der Waals surface area contributed by atoms with E-state index in [1.807, 2.05) is 6.92 Å². The van der Waals surface area contributed by atoms with Crippen molar-refractivity contribution in [3.8, 4) is 10.8 Å². The normalized spacial score (nSPS) is 10.5. The van der Waals surface area contributed by atoms with Crippen LogP contribution in [0.1, 0.15) is 21.9 Å². The number of carbonyl (C=O) groups is 1. The Bertz CT molecular complexity index is 515. The molecule has 0 bridgehead atoms. The molecule has 0 aliphatic carbocycles. The van der Waals surface area contributed by atoms with E-state index in [0.29, 0.717) is 11.7 Å². The molecule has 2 heterocycles. The third kappa shape index (κ3) is 1.63. The van der Waals surface area contributed by atoms with Crippen molar-refractivity contribution in [3.05, 3.63) is 22.7 Å². The van der Waals surface area contributed by atoms with Gasteiger partial charge < -0.3 is 9.52 Å². The SMILES string of the molecule is Cc1ncsc1-c1nc(C(=O)O)c(C)o1. The summed E-state index contributed by atoms with van der Waals surface area (Å²) in [5, 5.41) is 8.81. The Morgan fingerprint density at radius 3 is 2.73 bits per heavy atom. The molecule has 0 saturated heterocycles. The molecule has 2 aromatic heterocycles. The van der Waals surface area contributed by atoms with Crippen LogP contribution in [-0.4, -0.2) is 21.0 Å². The highest BCUT2D eigenvalue weighted by Crippen LogP contribution is 2.27. The van der Waals surface area contributed by atoms with E-state index in [4.69, 9.17) is 9.52 Å². The third-order valence-corrected chi connectivity index (χ3v) is 2.86. The average Bonchev–Trinajstić information content (AvgIpc) is 2.71. The lowest BCUT2D eigenvalue weighted by molar-refractivity contribution is 0.0689. The van der Waals surface area contributed by atoms with Crippen LogP contribution in [-0.2, 0) is 0 Å². The molecule has 6 heteroatoms. The molecule has 0 aromatic carbocycles. The number of rotatable bonds is 2. The number of aromatic carboxylic acids is 1. The van der Waals surface area contributed by atoms with Crippen LogP contribution in [0.15, 0.2) is 9.93 Å². The van der Waals surface area contributed by atoms with Crippen molar-refractivity contribution < 1.29 is 14.3 Å². The van der Waals surface area contributed by atoms with Crippen molar-refractivity contribution in [2.75, 3.05) is 0 Å². The maximum atomic E-state index is 10.8. The Balaban J connectivity index is 2.52. The highest BCUT2D eigenvalue weighted by molar-refractivity contribution is 7.13. The van der Waals surface area contributed by atoms with E-state index < -0.39 is 5.97 Å². The van der Waals surface area contributed by atoms with Crippen LogP contribution in [0.2, 0.25) is 0 Å². The van der Waals surface area contributed by atoms with Gasteiger partial charge in [0.1, 0.15) is 10.6 Å². The molecule has 2 aromatic rings. The molecule has 0 aliphatic rings. The summed E-state index contributed by atoms with van der Waals surface area (Å²) in [6.45, 7) is 3.40. The minimum atomic E-state index is -1.08. The van der Waals surface area contributed by atoms with Gasteiger partial charge in [0, 0.05) is 0 Å². The van der Waals surface area contributed by atoms with E-state index in [1.54, 1.807) is 12.4 Å². The standard InChI is InChI=1S/C9H8N2O3S/c1-4-7(15-3-10-4)8-11-6(9(12)13)5(2)14-8/h3H,1-2H3,(H,12,13). The lowest BCUT2D eigenvalue weighted by Crippen LogP contribution is -1.98. The van der Waals surface area contributed by atoms with Gasteiger partial charge >= 0.3 is 5.97 Å². The van der Waals surface area contributed by atoms with Crippen LogP contribution >= 0.6 is 11.3 Å². The number of hydrogen-bond acceptors (Lipinski definition) is 5. The smallest absolute Gasteiger partial charge is 0.358 e. The minimum Gasteiger partial charge on any atom is -0.476 e. The zero-order valence-electron chi connectivity index (χ0n) is 8.14. The molecule has 1 N–H and O–H groups in total. The van der Waals surface area contributed by atoms with Gasteiger partial charge in [-0.3, -0.25) is 0 Å². The second kappa shape index (κ2) is 3.47. The number of carboxylic acids is 1. The fourth-order valence-electron chi connectivity index (χ4n) is 1.20. The first-order valence-corrected chi connectivity index (χ1v) is 5.08. The number of carboxylic acid groups (broad SMARTS) is 1. The van der Waals surface area contributed by atoms with E-state index >= 15 is 0 Å². The van der Waals surface area contributed by atoms with Gasteiger partial charge in [-0.15, -0.1) is 11.3 Å². The van der Waals surface area contributed by atoms with Gasteiger partial charge in [-0.05, 0) is 13.8 Å². The van der Waals surface area contributed by atoms with E-state index in [-0.39, 0.29) is 5.69 Å². The highest BCUT2D eigenvalue weighted by Gasteiger charge is 2.18. The van der Waals surface area contributed by atoms with E-state index in [0.717, 1.165) is 10.6 Å². The molecule has 78 valence electrons. The molecule has 0 atom stereocenters. The first-order chi connectivity index (χ1) is 7.09. The second-order valence-corrected chi connectivity index (χ2v) is 3.85. The number of oxazole rings is 1. The van der Waals surface area contributed by atoms with Crippen LogP contribution in [0.4, 0.5) is 0 Å². The summed E-state index contributed by atoms with van der Waals surface area (Å²) in [5.41, 5.74) is 2.42. The average molecular weight is 224 g/mol. The minimum absolute atomic E-state index is 0.0437. The third-order valence-electron chi connectivity index (χ3n) is 1.94. The van der Waals surface area contributed by atoms with Crippen LogP contribution in [0.5, 0.6) is 0 Å². The van der Waals surface area contributed by atoms with Crippen LogP contribution in [0.3, 0.4) is 0 Å². The molecule has 0 saturated carbocycles. The van der Waals surface area contributed by atoms with E-state index in [9.17, 15) is 4.79 Å². The molecule has 15 heavy (non-hydrogen) atoms. The molecule has 0 spiro atoms. The van der Waals surface area contributed by atoms with Crippen molar-refractivity contribution in [1.29, 1.82) is 0 Å². The molecular formula is C9H8N2O3S. The predicted octanol–water partition coefficient (Wildman–Crippen LogP) is 2.11. The van der Waals surface area contributed by atoms with Crippen molar-refractivity contribution >= 4 is 17.3 Å². The van der Waals surface area contributed by atoms with Gasteiger partial charge in [0.2, 0.25) is 5.89 Å². The van der Waals surface area contributed by atoms with Crippen LogP contribution in [0.25, 0.3) is 10.8 Å². The van der Waals surface area contributed by atoms with Gasteiger partial charge in [0.25, 0.3) is 0 Å². The first-order valence-electron chi connectivity index (χ1n) is 4.20. The van der Waals surface area contributed by atoms with Crippen molar-refractivity contribution in [1.82, 2.24) is 9.97 Å². The Hall–Kier alpha value is -1.69. The monoisotopic (exact) mass is 224 g/mol. The van der Waals surface area contributed by atoms with Crippen molar-refractivity contribution in [3.63, 3.8) is 0 Å². The summed E-state index contributed by atoms with van der Waals surface area (Å²) >= 11 is 1.38. The molecule has 0 radical (unpaired) electrons. The van der Waals surface area contributed by atoms with Gasteiger partial charge in [-0.2, -0.15) is 0 Å². The Labute approximate surface area is 89.4 Å². The van der Waals surface area contributed by atoms with E-state index in [1.165, 1.54) is 11.3 Å². The zero-order valence-corrected chi connectivity index (χ0v) is 8.96. The number of thiazole rings is 1. The summed E-state index contributed by atoms with van der Waals surface area (Å²) in [6, 6.07) is 0. The fraction of sp³-hybridized carbons (Fsp3) is 0.222. The lowest BCUT2D eigenvalue weighted by Gasteiger charge is -1.88. The van der Waals surface area contributed by atoms with Gasteiger partial charge in [-0.1, -0.05) is 0 Å². The topological polar surface area (TPSA) is 76.2 Å². The van der Waals surface area contributed by atoms with Gasteiger partial charge in [0.15, 0.2) is 5.69 Å². The molecule has 5 nitrogen and oxygen atoms in total. The van der Waals surface area contributed by atoms with Crippen LogP contribution < -0.4 is 0 Å². The van der Waals surface area contributed by atoms with Gasteiger partial charge in [0.05, 0.1) is 11.2 Å². The predicted molar refractivity (Wildman–Crippen MR) is 54.0 cm³/mol. The number of hydrogen-bond donors (Lipinski definition) is 1. The molecule has 0 unspecified atom stereocenters. The fourth-order valence-corrected chi connectivity index (χ4v) is 1.93. The Kier molecular flexibility index (Phi) is 2.28. The largest absolute Gasteiger partial charge is 0.476 e. The number of aromatic nitrogens is 2. The van der Waals surface area contributed by atoms with Crippen LogP contribution in [0, 0.1) is 13.8 Å². The molecule has 0 aliphatic heterocycles. The Morgan fingerprint density at radius 1 is 1.53 bits per heavy atom. The van der Waals surface area contributed by atoms with E-state index in [2.05, 4.69) is 9.97 Å². The van der Waals surface area contributed by atoms with Crippen molar-refractivity contribution in [2.24, 2.45) is 0 Å². The molecule has 0 amide bonds. The summed E-state index contributed by atoms with van der Waals surface area (Å²) in [6.07, 6.45) is 0. The summed E-state index contributed by atoms with van der Waals surface area (Å²) in [7, 11) is 0. The maximum Gasteiger partial charge on any atom is 0.358 e. The maximum absolute atomic E-state index is 10.8. The first kappa shape index (κ1) is 9.85. The highest BCUT2D eigenvalue weighted by atomic mass is 32.1. The molecule has 2 rings (SSSR count). The number of nitrogens with zero attached hydrogens (tertiary/aromatic N) is 2. The lowest BCUT2D eigenvalue weighted by atomic mass is 10.4. The molecular weight excluding hydrogens is 216 g/mol. The zero-order chi connectivity index (χ0) is 11.0. The molecule has 0 fully saturated rings.